The summed E-state index contributed by atoms with van der Waals surface area (Å²) in [4.78, 5) is 20.7. The van der Waals surface area contributed by atoms with E-state index in [0.29, 0.717) is 11.8 Å². The van der Waals surface area contributed by atoms with E-state index in [0.717, 1.165) is 69.4 Å². The SMILES string of the molecule is O=C(C1CC(c2ccccc2)CN(Cc2ccccc2Cl)C1)N1CCN(Cc2ccccc2)CC1. The predicted molar refractivity (Wildman–Crippen MR) is 142 cm³/mol. The van der Waals surface area contributed by atoms with Crippen molar-refractivity contribution in [3.63, 3.8) is 0 Å². The first-order valence-corrected chi connectivity index (χ1v) is 13.1. The van der Waals surface area contributed by atoms with Crippen LogP contribution < -0.4 is 0 Å². The standard InChI is InChI=1S/C30H34ClN3O/c31-29-14-8-7-13-26(29)21-33-22-27(25-11-5-2-6-12-25)19-28(23-33)30(35)34-17-15-32(16-18-34)20-24-9-3-1-4-10-24/h1-14,27-28H,15-23H2. The van der Waals surface area contributed by atoms with Crippen molar-refractivity contribution < 1.29 is 4.79 Å². The Labute approximate surface area is 214 Å². The fourth-order valence-corrected chi connectivity index (χ4v) is 5.75. The Morgan fingerprint density at radius 2 is 1.40 bits per heavy atom. The molecule has 1 amide bonds. The molecule has 182 valence electrons. The van der Waals surface area contributed by atoms with Gasteiger partial charge in [-0.3, -0.25) is 14.6 Å². The predicted octanol–water partition coefficient (Wildman–Crippen LogP) is 5.29. The molecule has 2 atom stereocenters. The first-order chi connectivity index (χ1) is 17.2. The maximum atomic E-state index is 13.7. The number of nitrogens with zero attached hydrogens (tertiary/aromatic N) is 3. The van der Waals surface area contributed by atoms with Crippen molar-refractivity contribution in [3.8, 4) is 0 Å². The first-order valence-electron chi connectivity index (χ1n) is 12.7. The number of hydrogen-bond donors (Lipinski definition) is 0. The number of hydrogen-bond acceptors (Lipinski definition) is 3. The van der Waals surface area contributed by atoms with Crippen LogP contribution in [0.4, 0.5) is 0 Å². The highest BCUT2D eigenvalue weighted by atomic mass is 35.5. The van der Waals surface area contributed by atoms with Crippen molar-refractivity contribution in [2.75, 3.05) is 39.3 Å². The summed E-state index contributed by atoms with van der Waals surface area (Å²) in [5.74, 6) is 0.673. The number of carbonyl (C=O) groups is 1. The van der Waals surface area contributed by atoms with Gasteiger partial charge in [-0.2, -0.15) is 0 Å². The van der Waals surface area contributed by atoms with E-state index in [2.05, 4.69) is 81.4 Å². The highest BCUT2D eigenvalue weighted by Gasteiger charge is 2.35. The lowest BCUT2D eigenvalue weighted by molar-refractivity contribution is -0.139. The Morgan fingerprint density at radius 3 is 2.11 bits per heavy atom. The van der Waals surface area contributed by atoms with Crippen LogP contribution >= 0.6 is 11.6 Å². The van der Waals surface area contributed by atoms with Gasteiger partial charge in [-0.15, -0.1) is 0 Å². The van der Waals surface area contributed by atoms with E-state index in [1.54, 1.807) is 0 Å². The maximum absolute atomic E-state index is 13.7. The molecule has 3 aromatic carbocycles. The number of piperazine rings is 1. The van der Waals surface area contributed by atoms with Gasteiger partial charge in [0.05, 0.1) is 5.92 Å². The van der Waals surface area contributed by atoms with Crippen LogP contribution in [0.25, 0.3) is 0 Å². The number of halogens is 1. The summed E-state index contributed by atoms with van der Waals surface area (Å²) in [6.45, 7) is 6.94. The highest BCUT2D eigenvalue weighted by Crippen LogP contribution is 2.33. The molecule has 2 fully saturated rings. The van der Waals surface area contributed by atoms with Gasteiger partial charge in [0.25, 0.3) is 0 Å². The lowest BCUT2D eigenvalue weighted by atomic mass is 9.83. The Morgan fingerprint density at radius 1 is 0.743 bits per heavy atom. The van der Waals surface area contributed by atoms with Crippen LogP contribution in [-0.4, -0.2) is 59.9 Å². The number of likely N-dealkylation sites (tertiary alicyclic amines) is 1. The fraction of sp³-hybridized carbons (Fsp3) is 0.367. The molecule has 0 spiro atoms. The minimum absolute atomic E-state index is 0.0112. The molecule has 35 heavy (non-hydrogen) atoms. The summed E-state index contributed by atoms with van der Waals surface area (Å²) < 4.78 is 0. The van der Waals surface area contributed by atoms with E-state index in [-0.39, 0.29) is 5.92 Å². The van der Waals surface area contributed by atoms with Crippen LogP contribution in [-0.2, 0) is 17.9 Å². The minimum atomic E-state index is 0.0112. The average Bonchev–Trinajstić information content (AvgIpc) is 2.91. The van der Waals surface area contributed by atoms with E-state index >= 15 is 0 Å². The van der Waals surface area contributed by atoms with E-state index in [9.17, 15) is 4.79 Å². The molecule has 0 saturated carbocycles. The van der Waals surface area contributed by atoms with Gasteiger partial charge in [-0.1, -0.05) is 90.5 Å². The topological polar surface area (TPSA) is 26.8 Å². The molecule has 0 aromatic heterocycles. The molecule has 2 aliphatic rings. The Balaban J connectivity index is 1.25. The van der Waals surface area contributed by atoms with E-state index in [1.807, 2.05) is 18.2 Å². The van der Waals surface area contributed by atoms with Gasteiger partial charge in [-0.25, -0.2) is 0 Å². The minimum Gasteiger partial charge on any atom is -0.340 e. The molecule has 5 heteroatoms. The molecule has 0 radical (unpaired) electrons. The van der Waals surface area contributed by atoms with Gasteiger partial charge in [0.15, 0.2) is 0 Å². The van der Waals surface area contributed by atoms with E-state index in [1.165, 1.54) is 11.1 Å². The number of piperidine rings is 1. The van der Waals surface area contributed by atoms with Crippen molar-refractivity contribution >= 4 is 17.5 Å². The maximum Gasteiger partial charge on any atom is 0.227 e. The summed E-state index contributed by atoms with van der Waals surface area (Å²) in [6.07, 6.45) is 0.909. The van der Waals surface area contributed by atoms with Gasteiger partial charge >= 0.3 is 0 Å². The third-order valence-corrected chi connectivity index (χ3v) is 7.80. The second-order valence-electron chi connectivity index (χ2n) is 9.91. The van der Waals surface area contributed by atoms with Gasteiger partial charge in [0.2, 0.25) is 5.91 Å². The number of benzene rings is 3. The molecule has 2 unspecified atom stereocenters. The molecule has 5 rings (SSSR count). The van der Waals surface area contributed by atoms with Gasteiger partial charge in [-0.05, 0) is 35.1 Å². The lowest BCUT2D eigenvalue weighted by Gasteiger charge is -2.41. The smallest absolute Gasteiger partial charge is 0.227 e. The molecule has 0 aliphatic carbocycles. The van der Waals surface area contributed by atoms with Crippen LogP contribution in [0.2, 0.25) is 5.02 Å². The zero-order valence-electron chi connectivity index (χ0n) is 20.2. The number of rotatable bonds is 6. The molecule has 0 N–H and O–H groups in total. The van der Waals surface area contributed by atoms with Crippen molar-refractivity contribution in [3.05, 3.63) is 107 Å². The summed E-state index contributed by atoms with van der Waals surface area (Å²) >= 11 is 6.48. The highest BCUT2D eigenvalue weighted by molar-refractivity contribution is 6.31. The van der Waals surface area contributed by atoms with E-state index in [4.69, 9.17) is 11.6 Å². The van der Waals surface area contributed by atoms with Crippen LogP contribution in [0.3, 0.4) is 0 Å². The quantitative estimate of drug-likeness (QED) is 0.472. The molecule has 4 nitrogen and oxygen atoms in total. The summed E-state index contributed by atoms with van der Waals surface area (Å²) in [7, 11) is 0. The van der Waals surface area contributed by atoms with Crippen molar-refractivity contribution in [1.82, 2.24) is 14.7 Å². The average molecular weight is 488 g/mol. The lowest BCUT2D eigenvalue weighted by Crippen LogP contribution is -2.53. The largest absolute Gasteiger partial charge is 0.340 e. The van der Waals surface area contributed by atoms with E-state index < -0.39 is 0 Å². The molecule has 0 bridgehead atoms. The van der Waals surface area contributed by atoms with Crippen molar-refractivity contribution in [2.45, 2.75) is 25.4 Å². The van der Waals surface area contributed by atoms with Crippen LogP contribution in [0.15, 0.2) is 84.9 Å². The van der Waals surface area contributed by atoms with Crippen LogP contribution in [0.5, 0.6) is 0 Å². The normalized spacial score (nSPS) is 21.7. The third-order valence-electron chi connectivity index (χ3n) is 7.43. The molecule has 2 saturated heterocycles. The summed E-state index contributed by atoms with van der Waals surface area (Å²) in [6, 6.07) is 29.3. The second kappa shape index (κ2) is 11.4. The second-order valence-corrected chi connectivity index (χ2v) is 10.3. The molecular formula is C30H34ClN3O. The van der Waals surface area contributed by atoms with Crippen LogP contribution in [0.1, 0.15) is 29.0 Å². The monoisotopic (exact) mass is 487 g/mol. The summed E-state index contributed by atoms with van der Waals surface area (Å²) in [5.41, 5.74) is 3.78. The Kier molecular flexibility index (Phi) is 7.82. The van der Waals surface area contributed by atoms with Gasteiger partial charge < -0.3 is 4.90 Å². The van der Waals surface area contributed by atoms with Crippen molar-refractivity contribution in [1.29, 1.82) is 0 Å². The van der Waals surface area contributed by atoms with Crippen molar-refractivity contribution in [2.24, 2.45) is 5.92 Å². The zero-order valence-corrected chi connectivity index (χ0v) is 21.0. The molecule has 2 aliphatic heterocycles. The van der Waals surface area contributed by atoms with Gasteiger partial charge in [0.1, 0.15) is 0 Å². The summed E-state index contributed by atoms with van der Waals surface area (Å²) in [5, 5.41) is 0.798. The molecule has 2 heterocycles. The first kappa shape index (κ1) is 24.1. The fourth-order valence-electron chi connectivity index (χ4n) is 5.56. The van der Waals surface area contributed by atoms with Crippen LogP contribution in [0, 0.1) is 5.92 Å². The zero-order chi connectivity index (χ0) is 24.0. The molecular weight excluding hydrogens is 454 g/mol. The van der Waals surface area contributed by atoms with Gasteiger partial charge in [0, 0.05) is 57.4 Å². The Bertz CT molecular complexity index is 1100. The number of amides is 1. The third kappa shape index (κ3) is 6.13. The number of carbonyl (C=O) groups excluding carboxylic acids is 1. The Hall–Kier alpha value is -2.66. The molecule has 3 aromatic rings.